The summed E-state index contributed by atoms with van der Waals surface area (Å²) in [7, 11) is 0. The number of halogens is 4. The monoisotopic (exact) mass is 467 g/mol. The normalized spacial score (nSPS) is 11.3. The zero-order valence-electron chi connectivity index (χ0n) is 16.2. The van der Waals surface area contributed by atoms with Gasteiger partial charge in [0.15, 0.2) is 0 Å². The Morgan fingerprint density at radius 1 is 1.13 bits per heavy atom. The molecule has 0 saturated heterocycles. The highest BCUT2D eigenvalue weighted by atomic mass is 35.5. The average Bonchev–Trinajstić information content (AvgIpc) is 3.21. The van der Waals surface area contributed by atoms with Crippen molar-refractivity contribution >= 4 is 40.4 Å². The summed E-state index contributed by atoms with van der Waals surface area (Å²) in [4.78, 5) is 30.9. The number of alkyl halides is 3. The average molecular weight is 468 g/mol. The predicted molar refractivity (Wildman–Crippen MR) is 114 cm³/mol. The Morgan fingerprint density at radius 2 is 1.81 bits per heavy atom. The first-order valence-electron chi connectivity index (χ1n) is 9.16. The van der Waals surface area contributed by atoms with Crippen LogP contribution in [0.3, 0.4) is 0 Å². The van der Waals surface area contributed by atoms with Gasteiger partial charge in [0.2, 0.25) is 5.91 Å². The van der Waals surface area contributed by atoms with E-state index >= 15 is 0 Å². The number of nitrogens with one attached hydrogen (secondary N) is 1. The maximum atomic E-state index is 13.1. The van der Waals surface area contributed by atoms with E-state index in [1.807, 2.05) is 0 Å². The number of amides is 2. The number of anilines is 1. The van der Waals surface area contributed by atoms with E-state index in [0.29, 0.717) is 20.5 Å². The Labute approximate surface area is 185 Å². The summed E-state index contributed by atoms with van der Waals surface area (Å²) >= 11 is 7.29. The zero-order valence-corrected chi connectivity index (χ0v) is 17.8. The SMILES string of the molecule is CCN(CC(=O)Nc1ccccc1C(F)(F)F)C(=O)c1cnc(-c2ccccc2Cl)s1. The second-order valence-electron chi connectivity index (χ2n) is 6.42. The van der Waals surface area contributed by atoms with E-state index in [4.69, 9.17) is 11.6 Å². The minimum absolute atomic E-state index is 0.187. The number of thiazole rings is 1. The molecule has 2 aromatic carbocycles. The Balaban J connectivity index is 1.73. The molecular formula is C21H17ClF3N3O2S. The van der Waals surface area contributed by atoms with Gasteiger partial charge in [0.05, 0.1) is 22.5 Å². The molecule has 0 spiro atoms. The van der Waals surface area contributed by atoms with E-state index in [2.05, 4.69) is 10.3 Å². The molecule has 0 aliphatic heterocycles. The van der Waals surface area contributed by atoms with Gasteiger partial charge in [-0.2, -0.15) is 13.2 Å². The van der Waals surface area contributed by atoms with Crippen molar-refractivity contribution in [2.45, 2.75) is 13.1 Å². The van der Waals surface area contributed by atoms with Gasteiger partial charge < -0.3 is 10.2 Å². The van der Waals surface area contributed by atoms with E-state index < -0.39 is 30.1 Å². The van der Waals surface area contributed by atoms with Crippen molar-refractivity contribution in [2.75, 3.05) is 18.4 Å². The third-order valence-electron chi connectivity index (χ3n) is 4.33. The number of benzene rings is 2. The number of likely N-dealkylation sites (N-methyl/N-ethyl adjacent to an activating group) is 1. The molecule has 0 bridgehead atoms. The number of para-hydroxylation sites is 1. The van der Waals surface area contributed by atoms with E-state index in [1.54, 1.807) is 31.2 Å². The van der Waals surface area contributed by atoms with Gasteiger partial charge in [-0.05, 0) is 25.1 Å². The van der Waals surface area contributed by atoms with Crippen LogP contribution in [0.5, 0.6) is 0 Å². The van der Waals surface area contributed by atoms with Gasteiger partial charge >= 0.3 is 6.18 Å². The minimum atomic E-state index is -4.61. The van der Waals surface area contributed by atoms with Gasteiger partial charge in [-0.15, -0.1) is 11.3 Å². The third kappa shape index (κ3) is 5.42. The molecule has 3 aromatic rings. The second kappa shape index (κ2) is 9.49. The lowest BCUT2D eigenvalue weighted by Gasteiger charge is -2.20. The largest absolute Gasteiger partial charge is 0.418 e. The highest BCUT2D eigenvalue weighted by Gasteiger charge is 2.33. The van der Waals surface area contributed by atoms with Crippen molar-refractivity contribution in [3.05, 3.63) is 70.2 Å². The first-order chi connectivity index (χ1) is 14.7. The summed E-state index contributed by atoms with van der Waals surface area (Å²) in [5.41, 5.74) is -0.635. The number of carbonyl (C=O) groups is 2. The summed E-state index contributed by atoms with van der Waals surface area (Å²) in [6.07, 6.45) is -3.22. The van der Waals surface area contributed by atoms with Gasteiger partial charge in [0, 0.05) is 12.1 Å². The van der Waals surface area contributed by atoms with Gasteiger partial charge in [-0.25, -0.2) is 4.98 Å². The Hall–Kier alpha value is -2.91. The van der Waals surface area contributed by atoms with Crippen molar-refractivity contribution in [3.8, 4) is 10.6 Å². The molecule has 2 amide bonds. The van der Waals surface area contributed by atoms with Crippen molar-refractivity contribution in [2.24, 2.45) is 0 Å². The minimum Gasteiger partial charge on any atom is -0.329 e. The number of hydrogen-bond donors (Lipinski definition) is 1. The first-order valence-corrected chi connectivity index (χ1v) is 10.4. The molecule has 1 heterocycles. The van der Waals surface area contributed by atoms with Gasteiger partial charge in [-0.3, -0.25) is 9.59 Å². The van der Waals surface area contributed by atoms with Crippen LogP contribution in [0, 0.1) is 0 Å². The van der Waals surface area contributed by atoms with Crippen LogP contribution in [-0.4, -0.2) is 34.8 Å². The quantitative estimate of drug-likeness (QED) is 0.514. The molecule has 0 saturated carbocycles. The fraction of sp³-hybridized carbons (Fsp3) is 0.190. The van der Waals surface area contributed by atoms with Crippen LogP contribution in [0.2, 0.25) is 5.02 Å². The van der Waals surface area contributed by atoms with Crippen LogP contribution >= 0.6 is 22.9 Å². The van der Waals surface area contributed by atoms with Crippen LogP contribution in [0.15, 0.2) is 54.7 Å². The Kier molecular flexibility index (Phi) is 6.97. The van der Waals surface area contributed by atoms with E-state index in [0.717, 1.165) is 23.5 Å². The van der Waals surface area contributed by atoms with Gasteiger partial charge in [0.1, 0.15) is 16.4 Å². The van der Waals surface area contributed by atoms with E-state index in [9.17, 15) is 22.8 Å². The molecule has 5 nitrogen and oxygen atoms in total. The molecule has 1 N–H and O–H groups in total. The molecule has 0 aliphatic carbocycles. The van der Waals surface area contributed by atoms with Gasteiger partial charge in [-0.1, -0.05) is 41.9 Å². The number of nitrogens with zero attached hydrogens (tertiary/aromatic N) is 2. The lowest BCUT2D eigenvalue weighted by Crippen LogP contribution is -2.37. The molecular weight excluding hydrogens is 451 g/mol. The molecule has 0 atom stereocenters. The van der Waals surface area contributed by atoms with Crippen LogP contribution < -0.4 is 5.32 Å². The maximum Gasteiger partial charge on any atom is 0.418 e. The summed E-state index contributed by atoms with van der Waals surface area (Å²) in [6.45, 7) is 1.46. The van der Waals surface area contributed by atoms with E-state index in [1.165, 1.54) is 23.2 Å². The fourth-order valence-electron chi connectivity index (χ4n) is 2.82. The number of carbonyl (C=O) groups excluding carboxylic acids is 2. The highest BCUT2D eigenvalue weighted by Crippen LogP contribution is 2.34. The Bertz CT molecular complexity index is 1100. The smallest absolute Gasteiger partial charge is 0.329 e. The van der Waals surface area contributed by atoms with Crippen LogP contribution in [0.1, 0.15) is 22.2 Å². The molecule has 0 fully saturated rings. The van der Waals surface area contributed by atoms with Crippen molar-refractivity contribution in [3.63, 3.8) is 0 Å². The molecule has 3 rings (SSSR count). The molecule has 1 aromatic heterocycles. The van der Waals surface area contributed by atoms with Crippen LogP contribution in [0.4, 0.5) is 18.9 Å². The standard InChI is InChI=1S/C21H17ClF3N3O2S/c1-2-28(12-18(29)27-16-10-6-4-8-14(16)21(23,24)25)20(30)17-11-26-19(31-17)13-7-3-5-9-15(13)22/h3-11H,2,12H2,1H3,(H,27,29). The highest BCUT2D eigenvalue weighted by molar-refractivity contribution is 7.17. The Morgan fingerprint density at radius 3 is 2.48 bits per heavy atom. The van der Waals surface area contributed by atoms with Crippen molar-refractivity contribution in [1.82, 2.24) is 9.88 Å². The molecule has 0 unspecified atom stereocenters. The summed E-state index contributed by atoms with van der Waals surface area (Å²) in [5, 5.41) is 3.29. The van der Waals surface area contributed by atoms with E-state index in [-0.39, 0.29) is 12.2 Å². The summed E-state index contributed by atoms with van der Waals surface area (Å²) in [6, 6.07) is 11.7. The molecule has 0 radical (unpaired) electrons. The molecule has 10 heteroatoms. The number of aromatic nitrogens is 1. The van der Waals surface area contributed by atoms with Crippen LogP contribution in [0.25, 0.3) is 10.6 Å². The fourth-order valence-corrected chi connectivity index (χ4v) is 4.02. The molecule has 31 heavy (non-hydrogen) atoms. The lowest BCUT2D eigenvalue weighted by molar-refractivity contribution is -0.137. The van der Waals surface area contributed by atoms with Crippen LogP contribution in [-0.2, 0) is 11.0 Å². The van der Waals surface area contributed by atoms with Crippen molar-refractivity contribution < 1.29 is 22.8 Å². The second-order valence-corrected chi connectivity index (χ2v) is 7.86. The van der Waals surface area contributed by atoms with Crippen molar-refractivity contribution in [1.29, 1.82) is 0 Å². The maximum absolute atomic E-state index is 13.1. The summed E-state index contributed by atoms with van der Waals surface area (Å²) in [5.74, 6) is -1.18. The number of rotatable bonds is 6. The predicted octanol–water partition coefficient (Wildman–Crippen LogP) is 5.58. The molecule has 0 aliphatic rings. The van der Waals surface area contributed by atoms with Gasteiger partial charge in [0.25, 0.3) is 5.91 Å². The summed E-state index contributed by atoms with van der Waals surface area (Å²) < 4.78 is 39.4. The zero-order chi connectivity index (χ0) is 22.6. The third-order valence-corrected chi connectivity index (χ3v) is 5.68. The topological polar surface area (TPSA) is 62.3 Å². The first kappa shape index (κ1) is 22.8. The number of hydrogen-bond acceptors (Lipinski definition) is 4. The molecule has 162 valence electrons. The lowest BCUT2D eigenvalue weighted by atomic mass is 10.1.